The molecule has 0 radical (unpaired) electrons. The van der Waals surface area contributed by atoms with Gasteiger partial charge in [0.25, 0.3) is 17.7 Å². The topological polar surface area (TPSA) is 135 Å². The SMILES string of the molecule is Cc1ccc(NC(=O)NC(=O)COC(=O)c2ccc3c(c2)C(=O)N(Cc2ccco2)C3=O)cc1C. The zero-order chi connectivity index (χ0) is 25.1. The monoisotopic (exact) mass is 475 g/mol. The number of furan rings is 1. The molecule has 35 heavy (non-hydrogen) atoms. The number of aryl methyl sites for hydroxylation is 2. The first-order chi connectivity index (χ1) is 16.7. The van der Waals surface area contributed by atoms with E-state index in [1.54, 1.807) is 24.3 Å². The van der Waals surface area contributed by atoms with Gasteiger partial charge in [-0.25, -0.2) is 9.59 Å². The number of anilines is 1. The molecule has 2 aromatic carbocycles. The van der Waals surface area contributed by atoms with Gasteiger partial charge in [0.1, 0.15) is 5.76 Å². The van der Waals surface area contributed by atoms with Crippen LogP contribution in [0.25, 0.3) is 0 Å². The molecule has 10 nitrogen and oxygen atoms in total. The largest absolute Gasteiger partial charge is 0.467 e. The van der Waals surface area contributed by atoms with Crippen molar-refractivity contribution in [2.45, 2.75) is 20.4 Å². The first-order valence-corrected chi connectivity index (χ1v) is 10.6. The van der Waals surface area contributed by atoms with Gasteiger partial charge in [0.2, 0.25) is 0 Å². The van der Waals surface area contributed by atoms with E-state index in [2.05, 4.69) is 10.6 Å². The average molecular weight is 475 g/mol. The van der Waals surface area contributed by atoms with Crippen molar-refractivity contribution in [1.29, 1.82) is 0 Å². The van der Waals surface area contributed by atoms with E-state index in [0.717, 1.165) is 16.0 Å². The second kappa shape index (κ2) is 9.64. The second-order valence-corrected chi connectivity index (χ2v) is 7.91. The third kappa shape index (κ3) is 5.11. The number of esters is 1. The number of nitrogens with zero attached hydrogens (tertiary/aromatic N) is 1. The lowest BCUT2D eigenvalue weighted by Gasteiger charge is -2.11. The molecule has 0 saturated carbocycles. The number of nitrogens with one attached hydrogen (secondary N) is 2. The van der Waals surface area contributed by atoms with E-state index in [-0.39, 0.29) is 23.2 Å². The van der Waals surface area contributed by atoms with Crippen LogP contribution >= 0.6 is 0 Å². The standard InChI is InChI=1S/C25H21N3O7/c1-14-5-7-17(10-15(14)2)26-25(33)27-21(29)13-35-24(32)16-6-8-19-20(11-16)23(31)28(22(19)30)12-18-4-3-9-34-18/h3-11H,12-13H2,1-2H3,(H2,26,27,29,33). The third-order valence-electron chi connectivity index (χ3n) is 5.45. The molecule has 0 fully saturated rings. The van der Waals surface area contributed by atoms with Gasteiger partial charge in [0.05, 0.1) is 29.5 Å². The smallest absolute Gasteiger partial charge is 0.338 e. The molecule has 0 spiro atoms. The lowest BCUT2D eigenvalue weighted by Crippen LogP contribution is -2.37. The first-order valence-electron chi connectivity index (χ1n) is 10.6. The molecule has 5 amide bonds. The minimum absolute atomic E-state index is 0.0165. The van der Waals surface area contributed by atoms with Crippen molar-refractivity contribution in [3.63, 3.8) is 0 Å². The van der Waals surface area contributed by atoms with Crippen LogP contribution in [0.5, 0.6) is 0 Å². The summed E-state index contributed by atoms with van der Waals surface area (Å²) in [6.07, 6.45) is 1.44. The second-order valence-electron chi connectivity index (χ2n) is 7.91. The Morgan fingerprint density at radius 2 is 1.71 bits per heavy atom. The molecular weight excluding hydrogens is 454 g/mol. The van der Waals surface area contributed by atoms with Gasteiger partial charge in [-0.2, -0.15) is 0 Å². The number of carbonyl (C=O) groups excluding carboxylic acids is 5. The Hall–Kier alpha value is -4.73. The quantitative estimate of drug-likeness (QED) is 0.413. The molecule has 0 unspecified atom stereocenters. The summed E-state index contributed by atoms with van der Waals surface area (Å²) in [5.41, 5.74) is 2.72. The van der Waals surface area contributed by atoms with Crippen molar-refractivity contribution in [2.24, 2.45) is 0 Å². The lowest BCUT2D eigenvalue weighted by atomic mass is 10.1. The molecule has 0 bridgehead atoms. The minimum atomic E-state index is -0.887. The lowest BCUT2D eigenvalue weighted by molar-refractivity contribution is -0.123. The van der Waals surface area contributed by atoms with Crippen LogP contribution in [-0.2, 0) is 16.1 Å². The summed E-state index contributed by atoms with van der Waals surface area (Å²) in [6.45, 7) is 3.07. The van der Waals surface area contributed by atoms with Gasteiger partial charge >= 0.3 is 12.0 Å². The summed E-state index contributed by atoms with van der Waals surface area (Å²) in [5.74, 6) is -2.36. The van der Waals surface area contributed by atoms with Crippen LogP contribution < -0.4 is 10.6 Å². The Bertz CT molecular complexity index is 1350. The zero-order valence-electron chi connectivity index (χ0n) is 18.9. The summed E-state index contributed by atoms with van der Waals surface area (Å²) < 4.78 is 10.1. The predicted octanol–water partition coefficient (Wildman–Crippen LogP) is 3.20. The summed E-state index contributed by atoms with van der Waals surface area (Å²) in [7, 11) is 0. The summed E-state index contributed by atoms with van der Waals surface area (Å²) in [4.78, 5) is 62.7. The van der Waals surface area contributed by atoms with E-state index in [0.29, 0.717) is 11.4 Å². The number of rotatable bonds is 6. The van der Waals surface area contributed by atoms with Crippen LogP contribution in [0.15, 0.2) is 59.2 Å². The third-order valence-corrected chi connectivity index (χ3v) is 5.45. The summed E-state index contributed by atoms with van der Waals surface area (Å²) in [5, 5.41) is 4.60. The maximum Gasteiger partial charge on any atom is 0.338 e. The van der Waals surface area contributed by atoms with Crippen molar-refractivity contribution < 1.29 is 33.1 Å². The summed E-state index contributed by atoms with van der Waals surface area (Å²) >= 11 is 0. The van der Waals surface area contributed by atoms with Gasteiger partial charge < -0.3 is 14.5 Å². The maximum atomic E-state index is 12.7. The number of fused-ring (bicyclic) bond motifs is 1. The van der Waals surface area contributed by atoms with Gasteiger partial charge in [-0.1, -0.05) is 6.07 Å². The molecule has 3 aromatic rings. The average Bonchev–Trinajstić information content (AvgIpc) is 3.42. The van der Waals surface area contributed by atoms with Gasteiger partial charge in [-0.05, 0) is 67.4 Å². The summed E-state index contributed by atoms with van der Waals surface area (Å²) in [6, 6.07) is 11.7. The Balaban J connectivity index is 1.33. The Morgan fingerprint density at radius 1 is 0.943 bits per heavy atom. The van der Waals surface area contributed by atoms with Crippen LogP contribution in [0.3, 0.4) is 0 Å². The van der Waals surface area contributed by atoms with Gasteiger partial charge in [-0.3, -0.25) is 24.6 Å². The molecule has 1 aliphatic rings. The van der Waals surface area contributed by atoms with E-state index in [1.807, 2.05) is 19.9 Å². The van der Waals surface area contributed by atoms with Crippen molar-refractivity contribution in [2.75, 3.05) is 11.9 Å². The zero-order valence-corrected chi connectivity index (χ0v) is 18.9. The van der Waals surface area contributed by atoms with Crippen molar-refractivity contribution in [3.05, 3.63) is 88.4 Å². The first kappa shape index (κ1) is 23.4. The number of carbonyl (C=O) groups is 5. The molecule has 2 N–H and O–H groups in total. The fourth-order valence-corrected chi connectivity index (χ4v) is 3.48. The fourth-order valence-electron chi connectivity index (χ4n) is 3.48. The molecule has 0 saturated heterocycles. The molecule has 0 atom stereocenters. The van der Waals surface area contributed by atoms with Crippen LogP contribution in [0.1, 0.15) is 48.0 Å². The highest BCUT2D eigenvalue weighted by Crippen LogP contribution is 2.26. The highest BCUT2D eigenvalue weighted by molar-refractivity contribution is 6.21. The molecule has 2 heterocycles. The number of benzene rings is 2. The molecule has 10 heteroatoms. The van der Waals surface area contributed by atoms with Crippen LogP contribution in [0.2, 0.25) is 0 Å². The van der Waals surface area contributed by atoms with Crippen molar-refractivity contribution >= 4 is 35.4 Å². The molecule has 0 aliphatic carbocycles. The Labute approximate surface area is 199 Å². The van der Waals surface area contributed by atoms with E-state index in [9.17, 15) is 24.0 Å². The normalized spacial score (nSPS) is 12.3. The molecule has 1 aromatic heterocycles. The van der Waals surface area contributed by atoms with Crippen LogP contribution in [-0.4, -0.2) is 41.2 Å². The number of hydrogen-bond acceptors (Lipinski definition) is 7. The van der Waals surface area contributed by atoms with Crippen molar-refractivity contribution in [1.82, 2.24) is 10.2 Å². The maximum absolute atomic E-state index is 12.7. The highest BCUT2D eigenvalue weighted by Gasteiger charge is 2.36. The number of ether oxygens (including phenoxy) is 1. The Kier molecular flexibility index (Phi) is 6.45. The van der Waals surface area contributed by atoms with Crippen LogP contribution in [0.4, 0.5) is 10.5 Å². The van der Waals surface area contributed by atoms with E-state index in [4.69, 9.17) is 9.15 Å². The van der Waals surface area contributed by atoms with Gasteiger partial charge in [0, 0.05) is 5.69 Å². The fraction of sp³-hybridized carbons (Fsp3) is 0.160. The van der Waals surface area contributed by atoms with E-state index >= 15 is 0 Å². The molecular formula is C25H21N3O7. The minimum Gasteiger partial charge on any atom is -0.467 e. The predicted molar refractivity (Wildman–Crippen MR) is 123 cm³/mol. The van der Waals surface area contributed by atoms with Crippen LogP contribution in [0, 0.1) is 13.8 Å². The van der Waals surface area contributed by atoms with Gasteiger partial charge in [0.15, 0.2) is 6.61 Å². The van der Waals surface area contributed by atoms with E-state index in [1.165, 1.54) is 24.5 Å². The number of hydrogen-bond donors (Lipinski definition) is 2. The number of urea groups is 1. The molecule has 178 valence electrons. The molecule has 4 rings (SSSR count). The number of amides is 5. The van der Waals surface area contributed by atoms with E-state index < -0.39 is 36.3 Å². The van der Waals surface area contributed by atoms with Gasteiger partial charge in [-0.15, -0.1) is 0 Å². The molecule has 1 aliphatic heterocycles. The van der Waals surface area contributed by atoms with Crippen molar-refractivity contribution in [3.8, 4) is 0 Å². The highest BCUT2D eigenvalue weighted by atomic mass is 16.5. The number of imide groups is 2. The Morgan fingerprint density at radius 3 is 2.43 bits per heavy atom.